The summed E-state index contributed by atoms with van der Waals surface area (Å²) in [6.45, 7) is 6.50. The van der Waals surface area contributed by atoms with E-state index in [1.807, 2.05) is 0 Å². The normalized spacial score (nSPS) is 6.57. The molecule has 0 saturated carbocycles. The standard InChI is InChI=1S/C4H10.2HI.Zn/c1-4(2)3;;;/h4H,1-3H3;2*1H;/q;;;+2/p-2. The van der Waals surface area contributed by atoms with Crippen molar-refractivity contribution in [1.82, 2.24) is 0 Å². The van der Waals surface area contributed by atoms with Crippen LogP contribution in [0.1, 0.15) is 20.8 Å². The van der Waals surface area contributed by atoms with Crippen LogP contribution in [-0.2, 0) is 10.1 Å². The van der Waals surface area contributed by atoms with Gasteiger partial charge in [-0.05, 0) is 5.92 Å². The second kappa shape index (κ2) is 11.0. The minimum atomic E-state index is 0.0650. The van der Waals surface area contributed by atoms with Crippen LogP contribution in [0.25, 0.3) is 0 Å². The summed E-state index contributed by atoms with van der Waals surface area (Å²) in [5.74, 6) is 0.833. The van der Waals surface area contributed by atoms with Crippen LogP contribution in [0, 0.1) is 5.92 Å². The second-order valence-corrected chi connectivity index (χ2v) is 25.4. The van der Waals surface area contributed by atoms with Crippen molar-refractivity contribution in [3.8, 4) is 0 Å². The average Bonchev–Trinajstić information content (AvgIpc) is 1.33. The first-order chi connectivity index (χ1) is 3.15. The fraction of sp³-hybridized carbons (Fsp3) is 1.00. The zero-order chi connectivity index (χ0) is 6.28. The van der Waals surface area contributed by atoms with Gasteiger partial charge in [0.2, 0.25) is 0 Å². The van der Waals surface area contributed by atoms with Gasteiger partial charge in [0.25, 0.3) is 0 Å². The van der Waals surface area contributed by atoms with Crippen LogP contribution >= 0.6 is 39.5 Å². The molecule has 0 fully saturated rings. The molecule has 0 bridgehead atoms. The van der Waals surface area contributed by atoms with Gasteiger partial charge < -0.3 is 0 Å². The molecule has 7 heavy (non-hydrogen) atoms. The van der Waals surface area contributed by atoms with Crippen molar-refractivity contribution in [2.24, 2.45) is 5.92 Å². The molecule has 0 saturated heterocycles. The second-order valence-electron chi connectivity index (χ2n) is 1.83. The first-order valence-corrected chi connectivity index (χ1v) is 20.4. The molecule has 0 radical (unpaired) electrons. The molecule has 42 valence electrons. The summed E-state index contributed by atoms with van der Waals surface area (Å²) < 4.78 is 0. The van der Waals surface area contributed by atoms with Crippen LogP contribution in [0.3, 0.4) is 0 Å². The third kappa shape index (κ3) is 68.9. The molecule has 0 amide bonds. The summed E-state index contributed by atoms with van der Waals surface area (Å²) in [5.41, 5.74) is 0. The Morgan fingerprint density at radius 1 is 1.14 bits per heavy atom. The van der Waals surface area contributed by atoms with E-state index < -0.39 is 0 Å². The van der Waals surface area contributed by atoms with Crippen LogP contribution in [0.2, 0.25) is 0 Å². The van der Waals surface area contributed by atoms with Gasteiger partial charge in [-0.25, -0.2) is 0 Å². The number of rotatable bonds is 0. The summed E-state index contributed by atoms with van der Waals surface area (Å²) in [6, 6.07) is 0. The number of hydrogen-bond acceptors (Lipinski definition) is 0. The van der Waals surface area contributed by atoms with Crippen molar-refractivity contribution in [2.75, 3.05) is 0 Å². The van der Waals surface area contributed by atoms with E-state index in [9.17, 15) is 0 Å². The Bertz CT molecular complexity index is 20.9. The van der Waals surface area contributed by atoms with Crippen molar-refractivity contribution in [1.29, 1.82) is 0 Å². The van der Waals surface area contributed by atoms with Crippen LogP contribution < -0.4 is 0 Å². The molecule has 3 heteroatoms. The molecular weight excluding hydrogens is 367 g/mol. The molecule has 0 aliphatic rings. The molecular formula is C4H10I2Zn. The number of halogens is 2. The van der Waals surface area contributed by atoms with Crippen LogP contribution in [0.15, 0.2) is 0 Å². The van der Waals surface area contributed by atoms with Crippen LogP contribution in [0.4, 0.5) is 0 Å². The molecule has 0 unspecified atom stereocenters. The van der Waals surface area contributed by atoms with Crippen molar-refractivity contribution in [2.45, 2.75) is 20.8 Å². The monoisotopic (exact) mass is 376 g/mol. The van der Waals surface area contributed by atoms with E-state index in [1.165, 1.54) is 0 Å². The summed E-state index contributed by atoms with van der Waals surface area (Å²) in [4.78, 5) is 0. The molecule has 0 N–H and O–H groups in total. The molecule has 0 rings (SSSR count). The summed E-state index contributed by atoms with van der Waals surface area (Å²) in [7, 11) is 0.0650. The number of hydrogen-bond donors (Lipinski definition) is 0. The van der Waals surface area contributed by atoms with Gasteiger partial charge in [0.1, 0.15) is 0 Å². The molecule has 0 aromatic heterocycles. The topological polar surface area (TPSA) is 0 Å². The average molecular weight is 377 g/mol. The molecule has 0 aliphatic carbocycles. The quantitative estimate of drug-likeness (QED) is 0.448. The maximum absolute atomic E-state index is 2.46. The van der Waals surface area contributed by atoms with E-state index in [4.69, 9.17) is 0 Å². The van der Waals surface area contributed by atoms with E-state index in [0.29, 0.717) is 0 Å². The van der Waals surface area contributed by atoms with E-state index in [2.05, 4.69) is 60.3 Å². The van der Waals surface area contributed by atoms with Crippen molar-refractivity contribution in [3.63, 3.8) is 0 Å². The third-order valence-corrected chi connectivity index (χ3v) is 0. The molecule has 0 aromatic rings. The fourth-order valence-corrected chi connectivity index (χ4v) is 0. The zero-order valence-corrected chi connectivity index (χ0v) is 12.3. The SMILES string of the molecule is CC(C)C.[I][Zn][I]. The molecule has 0 heterocycles. The van der Waals surface area contributed by atoms with E-state index in [1.54, 1.807) is 0 Å². The Morgan fingerprint density at radius 2 is 1.14 bits per heavy atom. The van der Waals surface area contributed by atoms with E-state index in [0.717, 1.165) is 5.92 Å². The maximum atomic E-state index is 2.46. The molecule has 0 aromatic carbocycles. The van der Waals surface area contributed by atoms with Crippen molar-refractivity contribution in [3.05, 3.63) is 0 Å². The Labute approximate surface area is 75.2 Å². The first kappa shape index (κ1) is 11.8. The predicted molar refractivity (Wildman–Crippen MR) is 48.6 cm³/mol. The summed E-state index contributed by atoms with van der Waals surface area (Å²) in [6.07, 6.45) is 0. The Morgan fingerprint density at radius 3 is 1.14 bits per heavy atom. The Kier molecular flexibility index (Phi) is 18.5. The molecule has 0 nitrogen and oxygen atoms in total. The van der Waals surface area contributed by atoms with Gasteiger partial charge in [0, 0.05) is 0 Å². The third-order valence-electron chi connectivity index (χ3n) is 0. The molecule has 0 spiro atoms. The Balaban J connectivity index is 0. The van der Waals surface area contributed by atoms with Crippen LogP contribution in [-0.4, -0.2) is 0 Å². The molecule has 0 aliphatic heterocycles. The van der Waals surface area contributed by atoms with Gasteiger partial charge in [0.05, 0.1) is 0 Å². The van der Waals surface area contributed by atoms with Gasteiger partial charge >= 0.3 is 49.6 Å². The zero-order valence-electron chi connectivity index (χ0n) is 5.04. The fourth-order valence-electron chi connectivity index (χ4n) is 0. The van der Waals surface area contributed by atoms with Gasteiger partial charge in [-0.1, -0.05) is 20.8 Å². The van der Waals surface area contributed by atoms with Crippen LogP contribution in [0.5, 0.6) is 0 Å². The Hall–Kier alpha value is 2.08. The van der Waals surface area contributed by atoms with Gasteiger partial charge in [-0.15, -0.1) is 0 Å². The molecule has 0 atom stereocenters. The van der Waals surface area contributed by atoms with Crippen molar-refractivity contribution < 1.29 is 10.1 Å². The van der Waals surface area contributed by atoms with Gasteiger partial charge in [0.15, 0.2) is 0 Å². The van der Waals surface area contributed by atoms with Gasteiger partial charge in [-0.3, -0.25) is 0 Å². The predicted octanol–water partition coefficient (Wildman–Crippen LogP) is 3.43. The minimum absolute atomic E-state index is 0.0650. The summed E-state index contributed by atoms with van der Waals surface area (Å²) >= 11 is 4.93. The van der Waals surface area contributed by atoms with E-state index in [-0.39, 0.29) is 10.1 Å². The van der Waals surface area contributed by atoms with E-state index >= 15 is 0 Å². The van der Waals surface area contributed by atoms with Gasteiger partial charge in [-0.2, -0.15) is 0 Å². The van der Waals surface area contributed by atoms with Crippen molar-refractivity contribution >= 4 is 39.5 Å². The first-order valence-electron chi connectivity index (χ1n) is 2.27. The summed E-state index contributed by atoms with van der Waals surface area (Å²) in [5, 5.41) is 0.